The molecule has 0 saturated heterocycles. The van der Waals surface area contributed by atoms with Crippen molar-refractivity contribution in [2.24, 2.45) is 0 Å². The van der Waals surface area contributed by atoms with E-state index in [1.807, 2.05) is 0 Å². The number of aryl methyl sites for hydroxylation is 1. The number of amides is 2. The number of hydrogen-bond donors (Lipinski definition) is 0. The van der Waals surface area contributed by atoms with Crippen molar-refractivity contribution in [2.75, 3.05) is 4.90 Å². The highest BCUT2D eigenvalue weighted by Crippen LogP contribution is 2.37. The molecule has 2 aromatic carbocycles. The fraction of sp³-hybridized carbons (Fsp3) is 0.0476. The Morgan fingerprint density at radius 2 is 1.66 bits per heavy atom. The van der Waals surface area contributed by atoms with E-state index in [0.29, 0.717) is 22.4 Å². The summed E-state index contributed by atoms with van der Waals surface area (Å²) in [6.45, 7) is 1.69. The fourth-order valence-electron chi connectivity index (χ4n) is 3.60. The van der Waals surface area contributed by atoms with Crippen LogP contribution in [0.4, 0.5) is 10.1 Å². The molecule has 3 heterocycles. The van der Waals surface area contributed by atoms with Crippen LogP contribution in [0.2, 0.25) is 5.02 Å². The first kappa shape index (κ1) is 17.5. The molecule has 0 atom stereocenters. The summed E-state index contributed by atoms with van der Waals surface area (Å²) in [5.74, 6) is -1.49. The second kappa shape index (κ2) is 6.22. The third kappa shape index (κ3) is 2.41. The molecule has 1 aliphatic heterocycles. The lowest BCUT2D eigenvalue weighted by Gasteiger charge is -2.15. The number of carbonyl (C=O) groups excluding carboxylic acids is 2. The first-order valence-corrected chi connectivity index (χ1v) is 9.13. The Bertz CT molecular complexity index is 1350. The Morgan fingerprint density at radius 3 is 2.38 bits per heavy atom. The Balaban J connectivity index is 1.76. The molecule has 5 rings (SSSR count). The molecule has 0 aliphatic carbocycles. The van der Waals surface area contributed by atoms with Crippen LogP contribution in [0.1, 0.15) is 26.4 Å². The van der Waals surface area contributed by atoms with Crippen LogP contribution in [0.15, 0.2) is 54.7 Å². The lowest BCUT2D eigenvalue weighted by atomic mass is 10.1. The Labute approximate surface area is 169 Å². The summed E-state index contributed by atoms with van der Waals surface area (Å²) in [6.07, 6.45) is 1.33. The molecule has 2 aromatic heterocycles. The molecule has 2 amide bonds. The summed E-state index contributed by atoms with van der Waals surface area (Å²) in [6, 6.07) is 12.8. The minimum Gasteiger partial charge on any atom is -0.268 e. The Kier molecular flexibility index (Phi) is 3.75. The molecule has 0 fully saturated rings. The highest BCUT2D eigenvalue weighted by Gasteiger charge is 2.40. The van der Waals surface area contributed by atoms with Crippen molar-refractivity contribution in [3.05, 3.63) is 82.4 Å². The van der Waals surface area contributed by atoms with E-state index >= 15 is 0 Å². The zero-order valence-electron chi connectivity index (χ0n) is 15.1. The summed E-state index contributed by atoms with van der Waals surface area (Å²) in [5.41, 5.74) is 1.63. The van der Waals surface area contributed by atoms with Crippen molar-refractivity contribution in [1.82, 2.24) is 14.8 Å². The normalized spacial score (nSPS) is 13.4. The molecule has 0 radical (unpaired) electrons. The lowest BCUT2D eigenvalue weighted by molar-refractivity contribution is 0.0926. The number of nitrogens with zero attached hydrogens (tertiary/aromatic N) is 4. The third-order valence-corrected chi connectivity index (χ3v) is 5.22. The van der Waals surface area contributed by atoms with E-state index in [-0.39, 0.29) is 21.8 Å². The summed E-state index contributed by atoms with van der Waals surface area (Å²) >= 11 is 6.21. The van der Waals surface area contributed by atoms with Crippen LogP contribution in [-0.4, -0.2) is 26.6 Å². The van der Waals surface area contributed by atoms with E-state index in [2.05, 4.69) is 10.1 Å². The maximum absolute atomic E-state index is 14.3. The Hall–Kier alpha value is -3.58. The van der Waals surface area contributed by atoms with Crippen molar-refractivity contribution in [2.45, 2.75) is 6.92 Å². The predicted molar refractivity (Wildman–Crippen MR) is 106 cm³/mol. The smallest absolute Gasteiger partial charge is 0.267 e. The second-order valence-corrected chi connectivity index (χ2v) is 7.00. The maximum Gasteiger partial charge on any atom is 0.267 e. The lowest BCUT2D eigenvalue weighted by Crippen LogP contribution is -2.29. The first-order valence-electron chi connectivity index (χ1n) is 8.75. The van der Waals surface area contributed by atoms with Crippen LogP contribution in [0, 0.1) is 12.7 Å². The van der Waals surface area contributed by atoms with Gasteiger partial charge < -0.3 is 0 Å². The van der Waals surface area contributed by atoms with Gasteiger partial charge in [-0.1, -0.05) is 35.9 Å². The largest absolute Gasteiger partial charge is 0.268 e. The molecule has 0 spiro atoms. The third-order valence-electron chi connectivity index (χ3n) is 4.90. The monoisotopic (exact) mass is 406 g/mol. The molecule has 0 N–H and O–H groups in total. The average molecular weight is 407 g/mol. The van der Waals surface area contributed by atoms with Gasteiger partial charge in [0, 0.05) is 6.20 Å². The standard InChI is InChI=1S/C21H12ClFN4O2/c1-11-17-18-12(20(28)26(21(18)29)15-8-4-2-6-13(15)22)10-24-19(17)27(25-11)16-9-5-3-7-14(16)23/h2-10H,1H3. The van der Waals surface area contributed by atoms with Gasteiger partial charge in [-0.15, -0.1) is 0 Å². The van der Waals surface area contributed by atoms with E-state index in [1.165, 1.54) is 16.9 Å². The first-order chi connectivity index (χ1) is 14.0. The van der Waals surface area contributed by atoms with Gasteiger partial charge in [-0.3, -0.25) is 9.59 Å². The van der Waals surface area contributed by atoms with Crippen molar-refractivity contribution in [3.8, 4) is 5.69 Å². The minimum atomic E-state index is -0.512. The van der Waals surface area contributed by atoms with Gasteiger partial charge in [0.15, 0.2) is 5.65 Å². The second-order valence-electron chi connectivity index (χ2n) is 6.59. The van der Waals surface area contributed by atoms with Gasteiger partial charge in [0.25, 0.3) is 11.8 Å². The SMILES string of the molecule is Cc1nn(-c2ccccc2F)c2ncc3c(c12)C(=O)N(c1ccccc1Cl)C3=O. The topological polar surface area (TPSA) is 68.1 Å². The van der Waals surface area contributed by atoms with Gasteiger partial charge in [-0.05, 0) is 31.2 Å². The number of benzene rings is 2. The summed E-state index contributed by atoms with van der Waals surface area (Å²) in [7, 11) is 0. The number of pyridine rings is 1. The van der Waals surface area contributed by atoms with E-state index in [4.69, 9.17) is 11.6 Å². The van der Waals surface area contributed by atoms with Crippen molar-refractivity contribution < 1.29 is 14.0 Å². The van der Waals surface area contributed by atoms with E-state index in [9.17, 15) is 14.0 Å². The number of para-hydroxylation sites is 2. The molecule has 8 heteroatoms. The molecule has 142 valence electrons. The number of carbonyl (C=O) groups is 2. The summed E-state index contributed by atoms with van der Waals surface area (Å²) in [5, 5.41) is 5.08. The summed E-state index contributed by atoms with van der Waals surface area (Å²) < 4.78 is 15.7. The number of aromatic nitrogens is 3. The average Bonchev–Trinajstić information content (AvgIpc) is 3.17. The highest BCUT2D eigenvalue weighted by atomic mass is 35.5. The van der Waals surface area contributed by atoms with Gasteiger partial charge in [0.1, 0.15) is 11.5 Å². The Morgan fingerprint density at radius 1 is 0.966 bits per heavy atom. The molecular weight excluding hydrogens is 395 g/mol. The molecule has 6 nitrogen and oxygen atoms in total. The van der Waals surface area contributed by atoms with Crippen molar-refractivity contribution in [1.29, 1.82) is 0 Å². The molecule has 0 saturated carbocycles. The maximum atomic E-state index is 14.3. The number of rotatable bonds is 2. The molecule has 1 aliphatic rings. The van der Waals surface area contributed by atoms with E-state index < -0.39 is 17.6 Å². The minimum absolute atomic E-state index is 0.165. The molecule has 4 aromatic rings. The molecule has 0 unspecified atom stereocenters. The van der Waals surface area contributed by atoms with Crippen LogP contribution in [-0.2, 0) is 0 Å². The van der Waals surface area contributed by atoms with Gasteiger partial charge >= 0.3 is 0 Å². The quantitative estimate of drug-likeness (QED) is 0.465. The predicted octanol–water partition coefficient (Wildman–Crippen LogP) is 4.32. The summed E-state index contributed by atoms with van der Waals surface area (Å²) in [4.78, 5) is 31.6. The van der Waals surface area contributed by atoms with E-state index in [0.717, 1.165) is 4.90 Å². The van der Waals surface area contributed by atoms with Crippen LogP contribution < -0.4 is 4.90 Å². The molecular formula is C21H12ClFN4O2. The van der Waals surface area contributed by atoms with Gasteiger partial charge in [0.05, 0.1) is 32.9 Å². The number of fused-ring (bicyclic) bond motifs is 3. The molecule has 0 bridgehead atoms. The van der Waals surface area contributed by atoms with Gasteiger partial charge in [0.2, 0.25) is 0 Å². The van der Waals surface area contributed by atoms with Gasteiger partial charge in [-0.25, -0.2) is 19.0 Å². The van der Waals surface area contributed by atoms with E-state index in [1.54, 1.807) is 49.4 Å². The number of hydrogen-bond acceptors (Lipinski definition) is 4. The number of halogens is 2. The molecule has 29 heavy (non-hydrogen) atoms. The van der Waals surface area contributed by atoms with Gasteiger partial charge in [-0.2, -0.15) is 5.10 Å². The van der Waals surface area contributed by atoms with Crippen LogP contribution in [0.3, 0.4) is 0 Å². The van der Waals surface area contributed by atoms with Crippen LogP contribution in [0.25, 0.3) is 16.7 Å². The van der Waals surface area contributed by atoms with Crippen LogP contribution in [0.5, 0.6) is 0 Å². The number of anilines is 1. The number of imide groups is 1. The zero-order chi connectivity index (χ0) is 20.3. The zero-order valence-corrected chi connectivity index (χ0v) is 15.8. The highest BCUT2D eigenvalue weighted by molar-refractivity contribution is 6.41. The van der Waals surface area contributed by atoms with Crippen molar-refractivity contribution >= 4 is 40.1 Å². The van der Waals surface area contributed by atoms with Crippen molar-refractivity contribution in [3.63, 3.8) is 0 Å². The van der Waals surface area contributed by atoms with Crippen LogP contribution >= 0.6 is 11.6 Å². The fourth-order valence-corrected chi connectivity index (χ4v) is 3.82.